The zero-order valence-corrected chi connectivity index (χ0v) is 20.6. The molecule has 0 radical (unpaired) electrons. The third-order valence-corrected chi connectivity index (χ3v) is 5.51. The molecule has 0 aromatic heterocycles. The number of hydrogen-bond donors (Lipinski definition) is 3. The van der Waals surface area contributed by atoms with Crippen molar-refractivity contribution in [1.29, 1.82) is 0 Å². The van der Waals surface area contributed by atoms with Gasteiger partial charge >= 0.3 is 30.1 Å². The normalized spacial score (nSPS) is 12.6. The van der Waals surface area contributed by atoms with Gasteiger partial charge in [0.1, 0.15) is 0 Å². The highest BCUT2D eigenvalue weighted by Crippen LogP contribution is 2.53. The second kappa shape index (κ2) is 11.7. The van der Waals surface area contributed by atoms with Crippen molar-refractivity contribution in [1.82, 2.24) is 5.32 Å². The average Bonchev–Trinajstić information content (AvgIpc) is 2.82. The van der Waals surface area contributed by atoms with Crippen molar-refractivity contribution in [3.63, 3.8) is 0 Å². The van der Waals surface area contributed by atoms with Crippen LogP contribution in [0.4, 0.5) is 55.3 Å². The molecule has 3 amide bonds. The van der Waals surface area contributed by atoms with E-state index in [9.17, 15) is 58.3 Å². The molecule has 0 aliphatic carbocycles. The molecule has 0 spiro atoms. The van der Waals surface area contributed by atoms with Crippen LogP contribution in [0, 0.1) is 6.92 Å². The van der Waals surface area contributed by atoms with E-state index in [0.29, 0.717) is 18.9 Å². The first-order chi connectivity index (χ1) is 18.3. The lowest BCUT2D eigenvalue weighted by Gasteiger charge is -2.30. The Labute approximate surface area is 220 Å². The first-order valence-electron chi connectivity index (χ1n) is 11.3. The Kier molecular flexibility index (Phi) is 9.48. The molecule has 0 aliphatic heterocycles. The zero-order chi connectivity index (χ0) is 30.7. The standard InChI is InChI=1S/C24H21F10N3O3/c1-3-4-10-35-19(39)17-14(6-5-7-16(17)37-20(40)22(26,27)28)18(38)36-15-9-8-13(11-12(15)2)21(25,23(29,30)31)24(32,33)34/h5-9,11H,3-4,10H2,1-2H3,(H,35,39)(H,36,38)(H,37,40). The van der Waals surface area contributed by atoms with E-state index in [1.807, 2.05) is 0 Å². The summed E-state index contributed by atoms with van der Waals surface area (Å²) in [5.41, 5.74) is -10.4. The Bertz CT molecular complexity index is 1260. The zero-order valence-electron chi connectivity index (χ0n) is 20.6. The van der Waals surface area contributed by atoms with Crippen LogP contribution in [-0.2, 0) is 10.5 Å². The number of carbonyl (C=O) groups is 3. The summed E-state index contributed by atoms with van der Waals surface area (Å²) in [6, 6.07) is 3.84. The molecule has 3 N–H and O–H groups in total. The minimum atomic E-state index is -6.37. The van der Waals surface area contributed by atoms with E-state index in [1.54, 1.807) is 6.92 Å². The fourth-order valence-corrected chi connectivity index (χ4v) is 3.45. The minimum absolute atomic E-state index is 0.0436. The lowest BCUT2D eigenvalue weighted by Crippen LogP contribution is -2.50. The highest BCUT2D eigenvalue weighted by molar-refractivity contribution is 6.16. The van der Waals surface area contributed by atoms with Crippen molar-refractivity contribution in [3.05, 3.63) is 58.7 Å². The number of benzene rings is 2. The molecule has 0 saturated heterocycles. The maximum atomic E-state index is 14.4. The monoisotopic (exact) mass is 589 g/mol. The van der Waals surface area contributed by atoms with E-state index >= 15 is 0 Å². The van der Waals surface area contributed by atoms with Crippen LogP contribution in [0.2, 0.25) is 0 Å². The number of anilines is 2. The van der Waals surface area contributed by atoms with Crippen molar-refractivity contribution < 1.29 is 58.3 Å². The first kappa shape index (κ1) is 32.4. The third kappa shape index (κ3) is 6.83. The van der Waals surface area contributed by atoms with Crippen molar-refractivity contribution in [2.75, 3.05) is 17.2 Å². The van der Waals surface area contributed by atoms with Crippen LogP contribution in [0.1, 0.15) is 51.6 Å². The van der Waals surface area contributed by atoms with Gasteiger partial charge in [0.25, 0.3) is 11.8 Å². The van der Waals surface area contributed by atoms with Crippen LogP contribution in [-0.4, -0.2) is 42.8 Å². The van der Waals surface area contributed by atoms with E-state index in [-0.39, 0.29) is 18.7 Å². The highest BCUT2D eigenvalue weighted by Gasteiger charge is 2.73. The second-order valence-electron chi connectivity index (χ2n) is 8.43. The number of amides is 3. The molecular weight excluding hydrogens is 568 g/mol. The summed E-state index contributed by atoms with van der Waals surface area (Å²) >= 11 is 0. The smallest absolute Gasteiger partial charge is 0.352 e. The van der Waals surface area contributed by atoms with E-state index in [0.717, 1.165) is 25.1 Å². The van der Waals surface area contributed by atoms with Crippen molar-refractivity contribution >= 4 is 29.1 Å². The third-order valence-electron chi connectivity index (χ3n) is 5.51. The number of nitrogens with one attached hydrogen (secondary N) is 3. The molecule has 0 unspecified atom stereocenters. The summed E-state index contributed by atoms with van der Waals surface area (Å²) in [7, 11) is 0. The summed E-state index contributed by atoms with van der Waals surface area (Å²) in [4.78, 5) is 37.3. The number of aryl methyl sites for hydroxylation is 1. The van der Waals surface area contributed by atoms with Crippen molar-refractivity contribution in [3.8, 4) is 0 Å². The fourth-order valence-electron chi connectivity index (χ4n) is 3.45. The molecule has 6 nitrogen and oxygen atoms in total. The van der Waals surface area contributed by atoms with Crippen molar-refractivity contribution in [2.45, 2.75) is 50.9 Å². The highest BCUT2D eigenvalue weighted by atomic mass is 19.4. The van der Waals surface area contributed by atoms with E-state index in [1.165, 1.54) is 5.32 Å². The molecule has 16 heteroatoms. The Morgan fingerprint density at radius 3 is 1.88 bits per heavy atom. The molecule has 220 valence electrons. The molecule has 2 rings (SSSR count). The van der Waals surface area contributed by atoms with Gasteiger partial charge in [-0.3, -0.25) is 14.4 Å². The molecule has 2 aromatic rings. The molecule has 0 fully saturated rings. The Morgan fingerprint density at radius 2 is 1.38 bits per heavy atom. The Hall–Kier alpha value is -3.85. The number of alkyl halides is 10. The lowest BCUT2D eigenvalue weighted by atomic mass is 9.92. The molecular formula is C24H21F10N3O3. The quantitative estimate of drug-likeness (QED) is 0.241. The SMILES string of the molecule is CCCCNC(=O)c1c(NC(=O)C(F)(F)F)cccc1C(=O)Nc1ccc(C(F)(C(F)(F)F)C(F)(F)F)cc1C. The number of carbonyl (C=O) groups excluding carboxylic acids is 3. The minimum Gasteiger partial charge on any atom is -0.352 e. The van der Waals surface area contributed by atoms with E-state index in [2.05, 4.69) is 10.6 Å². The van der Waals surface area contributed by atoms with Gasteiger partial charge in [0.05, 0.1) is 16.8 Å². The first-order valence-corrected chi connectivity index (χ1v) is 11.3. The number of rotatable bonds is 8. The summed E-state index contributed by atoms with van der Waals surface area (Å²) in [5, 5.41) is 5.97. The Balaban J connectivity index is 2.52. The summed E-state index contributed by atoms with van der Waals surface area (Å²) in [6.45, 7) is 2.78. The van der Waals surface area contributed by atoms with Crippen molar-refractivity contribution in [2.24, 2.45) is 0 Å². The molecule has 0 saturated carbocycles. The van der Waals surface area contributed by atoms with Gasteiger partial charge in [-0.15, -0.1) is 0 Å². The van der Waals surface area contributed by atoms with Crippen LogP contribution < -0.4 is 16.0 Å². The van der Waals surface area contributed by atoms with Gasteiger partial charge in [0.2, 0.25) is 0 Å². The molecule has 40 heavy (non-hydrogen) atoms. The van der Waals surface area contributed by atoms with E-state index < -0.39 is 75.5 Å². The van der Waals surface area contributed by atoms with Gasteiger partial charge in [-0.2, -0.15) is 39.5 Å². The number of unbranched alkanes of at least 4 members (excludes halogenated alkanes) is 1. The maximum Gasteiger partial charge on any atom is 0.471 e. The largest absolute Gasteiger partial charge is 0.471 e. The fraction of sp³-hybridized carbons (Fsp3) is 0.375. The van der Waals surface area contributed by atoms with Gasteiger partial charge in [-0.25, -0.2) is 4.39 Å². The van der Waals surface area contributed by atoms with Crippen LogP contribution >= 0.6 is 0 Å². The summed E-state index contributed by atoms with van der Waals surface area (Å²) in [6.07, 6.45) is -17.0. The number of hydrogen-bond acceptors (Lipinski definition) is 3. The Morgan fingerprint density at radius 1 is 0.775 bits per heavy atom. The molecule has 0 heterocycles. The molecule has 2 aromatic carbocycles. The summed E-state index contributed by atoms with van der Waals surface area (Å²) < 4.78 is 131. The number of halogens is 10. The predicted octanol–water partition coefficient (Wildman–Crippen LogP) is 6.57. The lowest BCUT2D eigenvalue weighted by molar-refractivity contribution is -0.348. The second-order valence-corrected chi connectivity index (χ2v) is 8.43. The van der Waals surface area contributed by atoms with Crippen LogP contribution in [0.15, 0.2) is 36.4 Å². The van der Waals surface area contributed by atoms with Crippen LogP contribution in [0.5, 0.6) is 0 Å². The van der Waals surface area contributed by atoms with Gasteiger partial charge < -0.3 is 16.0 Å². The van der Waals surface area contributed by atoms with E-state index in [4.69, 9.17) is 0 Å². The van der Waals surface area contributed by atoms with Gasteiger partial charge in [0.15, 0.2) is 0 Å². The molecule has 0 atom stereocenters. The van der Waals surface area contributed by atoms with Crippen LogP contribution in [0.25, 0.3) is 0 Å². The van der Waals surface area contributed by atoms with Gasteiger partial charge in [0, 0.05) is 17.8 Å². The average molecular weight is 589 g/mol. The van der Waals surface area contributed by atoms with Crippen LogP contribution in [0.3, 0.4) is 0 Å². The maximum absolute atomic E-state index is 14.4. The molecule has 0 bridgehead atoms. The molecule has 0 aliphatic rings. The summed E-state index contributed by atoms with van der Waals surface area (Å²) in [5.74, 6) is -4.73. The van der Waals surface area contributed by atoms with Gasteiger partial charge in [-0.1, -0.05) is 31.5 Å². The van der Waals surface area contributed by atoms with Gasteiger partial charge in [-0.05, 0) is 37.1 Å². The predicted molar refractivity (Wildman–Crippen MR) is 122 cm³/mol. The topological polar surface area (TPSA) is 87.3 Å².